The van der Waals surface area contributed by atoms with Gasteiger partial charge in [-0.2, -0.15) is 0 Å². The van der Waals surface area contributed by atoms with Crippen LogP contribution in [-0.2, 0) is 14.8 Å². The predicted octanol–water partition coefficient (Wildman–Crippen LogP) is 4.05. The van der Waals surface area contributed by atoms with Crippen LogP contribution in [-0.4, -0.2) is 26.0 Å². The zero-order valence-corrected chi connectivity index (χ0v) is 14.9. The molecular formula is C16H15Cl2NO4S. The molecule has 0 amide bonds. The van der Waals surface area contributed by atoms with E-state index in [1.165, 1.54) is 24.3 Å². The van der Waals surface area contributed by atoms with Gasteiger partial charge in [0.15, 0.2) is 0 Å². The third kappa shape index (κ3) is 4.20. The smallest absolute Gasteiger partial charge is 0.303 e. The molecule has 0 unspecified atom stereocenters. The molecule has 0 saturated carbocycles. The van der Waals surface area contributed by atoms with E-state index in [9.17, 15) is 13.2 Å². The largest absolute Gasteiger partial charge is 0.481 e. The highest BCUT2D eigenvalue weighted by Gasteiger charge is 2.28. The fourth-order valence-corrected chi connectivity index (χ4v) is 4.44. The zero-order valence-electron chi connectivity index (χ0n) is 12.5. The Hall–Kier alpha value is -1.76. The fraction of sp³-hybridized carbons (Fsp3) is 0.188. The van der Waals surface area contributed by atoms with Crippen LogP contribution < -0.4 is 4.31 Å². The van der Waals surface area contributed by atoms with Crippen molar-refractivity contribution in [3.8, 4) is 0 Å². The van der Waals surface area contributed by atoms with Crippen LogP contribution in [0.4, 0.5) is 5.69 Å². The molecule has 0 aromatic heterocycles. The molecule has 128 valence electrons. The summed E-state index contributed by atoms with van der Waals surface area (Å²) in [5.74, 6) is -1.00. The SMILES string of the molecule is O=C(O)CCCN(c1c(Cl)cccc1Cl)S(=O)(=O)c1ccccc1. The number of para-hydroxylation sites is 1. The first-order valence-electron chi connectivity index (χ1n) is 7.07. The topological polar surface area (TPSA) is 74.7 Å². The summed E-state index contributed by atoms with van der Waals surface area (Å²) in [6.45, 7) is -0.0486. The number of hydrogen-bond donors (Lipinski definition) is 1. The molecule has 0 radical (unpaired) electrons. The molecule has 1 N–H and O–H groups in total. The van der Waals surface area contributed by atoms with E-state index in [1.54, 1.807) is 24.3 Å². The van der Waals surface area contributed by atoms with Crippen LogP contribution >= 0.6 is 23.2 Å². The maximum absolute atomic E-state index is 13.0. The number of carboxylic acid groups (broad SMARTS) is 1. The Morgan fingerprint density at radius 2 is 1.58 bits per heavy atom. The Kier molecular flexibility index (Phi) is 6.10. The number of anilines is 1. The van der Waals surface area contributed by atoms with Crippen molar-refractivity contribution < 1.29 is 18.3 Å². The lowest BCUT2D eigenvalue weighted by molar-refractivity contribution is -0.137. The van der Waals surface area contributed by atoms with Gasteiger partial charge in [-0.1, -0.05) is 47.5 Å². The highest BCUT2D eigenvalue weighted by molar-refractivity contribution is 7.92. The minimum Gasteiger partial charge on any atom is -0.481 e. The van der Waals surface area contributed by atoms with Gasteiger partial charge in [0.25, 0.3) is 10.0 Å². The summed E-state index contributed by atoms with van der Waals surface area (Å²) in [5, 5.41) is 9.16. The van der Waals surface area contributed by atoms with E-state index in [0.29, 0.717) is 0 Å². The van der Waals surface area contributed by atoms with Crippen LogP contribution in [0, 0.1) is 0 Å². The number of nitrogens with zero attached hydrogens (tertiary/aromatic N) is 1. The summed E-state index contributed by atoms with van der Waals surface area (Å²) in [4.78, 5) is 10.8. The minimum absolute atomic E-state index is 0.0486. The molecule has 0 heterocycles. The van der Waals surface area contributed by atoms with Crippen molar-refractivity contribution in [1.82, 2.24) is 0 Å². The van der Waals surface area contributed by atoms with E-state index < -0.39 is 16.0 Å². The van der Waals surface area contributed by atoms with Crippen LogP contribution in [0.1, 0.15) is 12.8 Å². The van der Waals surface area contributed by atoms with Gasteiger partial charge in [0, 0.05) is 13.0 Å². The molecular weight excluding hydrogens is 373 g/mol. The number of aliphatic carboxylic acids is 1. The molecule has 0 aliphatic carbocycles. The lowest BCUT2D eigenvalue weighted by Gasteiger charge is -2.26. The predicted molar refractivity (Wildman–Crippen MR) is 94.3 cm³/mol. The Morgan fingerprint density at radius 3 is 2.12 bits per heavy atom. The van der Waals surface area contributed by atoms with Gasteiger partial charge in [0.2, 0.25) is 0 Å². The van der Waals surface area contributed by atoms with Crippen molar-refractivity contribution in [3.05, 3.63) is 58.6 Å². The van der Waals surface area contributed by atoms with Crippen molar-refractivity contribution in [2.75, 3.05) is 10.8 Å². The van der Waals surface area contributed by atoms with E-state index in [2.05, 4.69) is 0 Å². The molecule has 2 rings (SSSR count). The molecule has 0 spiro atoms. The Bertz CT molecular complexity index is 805. The molecule has 8 heteroatoms. The zero-order chi connectivity index (χ0) is 17.7. The number of sulfonamides is 1. The van der Waals surface area contributed by atoms with Gasteiger partial charge < -0.3 is 5.11 Å². The number of rotatable bonds is 7. The second-order valence-corrected chi connectivity index (χ2v) is 7.63. The van der Waals surface area contributed by atoms with Gasteiger partial charge >= 0.3 is 5.97 Å². The molecule has 0 fully saturated rings. The van der Waals surface area contributed by atoms with E-state index in [-0.39, 0.29) is 40.0 Å². The van der Waals surface area contributed by atoms with Crippen molar-refractivity contribution in [3.63, 3.8) is 0 Å². The van der Waals surface area contributed by atoms with Crippen LogP contribution in [0.2, 0.25) is 10.0 Å². The molecule has 0 aliphatic heterocycles. The highest BCUT2D eigenvalue weighted by atomic mass is 35.5. The molecule has 2 aromatic carbocycles. The molecule has 0 atom stereocenters. The number of halogens is 2. The second-order valence-electron chi connectivity index (χ2n) is 4.96. The average molecular weight is 388 g/mol. The lowest BCUT2D eigenvalue weighted by Crippen LogP contribution is -2.32. The summed E-state index contributed by atoms with van der Waals surface area (Å²) >= 11 is 12.3. The van der Waals surface area contributed by atoms with Crippen molar-refractivity contribution in [2.45, 2.75) is 17.7 Å². The first-order chi connectivity index (χ1) is 11.3. The van der Waals surface area contributed by atoms with Crippen LogP contribution in [0.3, 0.4) is 0 Å². The first-order valence-corrected chi connectivity index (χ1v) is 9.27. The Balaban J connectivity index is 2.49. The number of hydrogen-bond acceptors (Lipinski definition) is 3. The van der Waals surface area contributed by atoms with Gasteiger partial charge in [-0.25, -0.2) is 8.42 Å². The maximum Gasteiger partial charge on any atom is 0.303 e. The van der Waals surface area contributed by atoms with E-state index in [4.69, 9.17) is 28.3 Å². The van der Waals surface area contributed by atoms with Gasteiger partial charge in [0.1, 0.15) is 0 Å². The van der Waals surface area contributed by atoms with Crippen LogP contribution in [0.25, 0.3) is 0 Å². The Labute approximate surface area is 150 Å². The van der Waals surface area contributed by atoms with Crippen molar-refractivity contribution in [1.29, 1.82) is 0 Å². The van der Waals surface area contributed by atoms with Gasteiger partial charge in [-0.3, -0.25) is 9.10 Å². The third-order valence-corrected chi connectivity index (χ3v) is 5.69. The normalized spacial score (nSPS) is 11.2. The standard InChI is InChI=1S/C16H15Cl2NO4S/c17-13-8-4-9-14(18)16(13)19(11-5-10-15(20)21)24(22,23)12-6-2-1-3-7-12/h1-4,6-9H,5,10-11H2,(H,20,21). The molecule has 0 aliphatic rings. The number of carbonyl (C=O) groups is 1. The van der Waals surface area contributed by atoms with Gasteiger partial charge in [0.05, 0.1) is 20.6 Å². The number of benzene rings is 2. The molecule has 24 heavy (non-hydrogen) atoms. The fourth-order valence-electron chi connectivity index (χ4n) is 2.17. The van der Waals surface area contributed by atoms with Gasteiger partial charge in [-0.05, 0) is 30.7 Å². The molecule has 0 bridgehead atoms. The Morgan fingerprint density at radius 1 is 1.00 bits per heavy atom. The lowest BCUT2D eigenvalue weighted by atomic mass is 10.3. The quantitative estimate of drug-likeness (QED) is 0.777. The summed E-state index contributed by atoms with van der Waals surface area (Å²) in [6, 6.07) is 12.5. The van der Waals surface area contributed by atoms with Crippen LogP contribution in [0.15, 0.2) is 53.4 Å². The summed E-state index contributed by atoms with van der Waals surface area (Å²) < 4.78 is 27.0. The van der Waals surface area contributed by atoms with E-state index >= 15 is 0 Å². The van der Waals surface area contributed by atoms with E-state index in [1.807, 2.05) is 0 Å². The van der Waals surface area contributed by atoms with E-state index in [0.717, 1.165) is 4.31 Å². The van der Waals surface area contributed by atoms with Gasteiger partial charge in [-0.15, -0.1) is 0 Å². The first kappa shape index (κ1) is 18.6. The number of carboxylic acids is 1. The molecule has 5 nitrogen and oxygen atoms in total. The van der Waals surface area contributed by atoms with Crippen molar-refractivity contribution in [2.24, 2.45) is 0 Å². The summed E-state index contributed by atoms with van der Waals surface area (Å²) in [5.41, 5.74) is 0.148. The maximum atomic E-state index is 13.0. The summed E-state index contributed by atoms with van der Waals surface area (Å²) in [7, 11) is -3.93. The highest BCUT2D eigenvalue weighted by Crippen LogP contribution is 2.36. The minimum atomic E-state index is -3.93. The van der Waals surface area contributed by atoms with Crippen molar-refractivity contribution >= 4 is 44.9 Å². The molecule has 2 aromatic rings. The van der Waals surface area contributed by atoms with Crippen LogP contribution in [0.5, 0.6) is 0 Å². The monoisotopic (exact) mass is 387 g/mol. The second kappa shape index (κ2) is 7.88. The molecule has 0 saturated heterocycles. The average Bonchev–Trinajstić information content (AvgIpc) is 2.53. The third-order valence-electron chi connectivity index (χ3n) is 3.27. The summed E-state index contributed by atoms with van der Waals surface area (Å²) in [6.07, 6.45) is -0.0359.